The Morgan fingerprint density at radius 1 is 0.286 bits per heavy atom. The highest BCUT2D eigenvalue weighted by atomic mass is 16.6. The fourth-order valence-corrected chi connectivity index (χ4v) is 9.16. The average molecular weight is 984 g/mol. The molecule has 0 spiro atoms. The van der Waals surface area contributed by atoms with Crippen molar-refractivity contribution in [2.24, 2.45) is 0 Å². The molecule has 0 saturated carbocycles. The lowest BCUT2D eigenvalue weighted by atomic mass is 10.0. The zero-order valence-electron chi connectivity index (χ0n) is 47.1. The molecule has 0 heterocycles. The van der Waals surface area contributed by atoms with Crippen LogP contribution in [-0.2, 0) is 28.6 Å². The molecular weight excluding hydrogens is 865 g/mol. The Morgan fingerprint density at radius 2 is 0.529 bits per heavy atom. The molecular formula is C64H118O6. The molecule has 0 aliphatic heterocycles. The van der Waals surface area contributed by atoms with Gasteiger partial charge in [0.25, 0.3) is 0 Å². The molecule has 70 heavy (non-hydrogen) atoms. The summed E-state index contributed by atoms with van der Waals surface area (Å²) in [5, 5.41) is 0. The SMILES string of the molecule is CCCC/C=C\CCCCCCCC(=O)OCC(COC(=O)CCCCCCCCCCCCCCCCCCCCCCCCC)OC(=O)CCCCCCCCC/C=C\C/C=C\CCCCCC. The van der Waals surface area contributed by atoms with Crippen LogP contribution in [0.25, 0.3) is 0 Å². The molecule has 0 amide bonds. The Bertz CT molecular complexity index is 1170. The van der Waals surface area contributed by atoms with Gasteiger partial charge in [0.15, 0.2) is 6.10 Å². The Balaban J connectivity index is 4.24. The van der Waals surface area contributed by atoms with Gasteiger partial charge in [0.1, 0.15) is 13.2 Å². The smallest absolute Gasteiger partial charge is 0.306 e. The summed E-state index contributed by atoms with van der Waals surface area (Å²) in [5.74, 6) is -0.873. The number of allylic oxidation sites excluding steroid dienone is 6. The van der Waals surface area contributed by atoms with Crippen LogP contribution in [0, 0.1) is 0 Å². The molecule has 0 radical (unpaired) electrons. The molecule has 6 heteroatoms. The highest BCUT2D eigenvalue weighted by Gasteiger charge is 2.19. The van der Waals surface area contributed by atoms with Gasteiger partial charge in [-0.1, -0.05) is 282 Å². The van der Waals surface area contributed by atoms with Crippen molar-refractivity contribution < 1.29 is 28.6 Å². The molecule has 1 unspecified atom stereocenters. The second-order valence-electron chi connectivity index (χ2n) is 21.0. The van der Waals surface area contributed by atoms with Crippen molar-refractivity contribution in [2.75, 3.05) is 13.2 Å². The predicted octanol–water partition coefficient (Wildman–Crippen LogP) is 20.8. The van der Waals surface area contributed by atoms with Crippen LogP contribution in [0.15, 0.2) is 36.5 Å². The Labute approximate surface area is 435 Å². The minimum Gasteiger partial charge on any atom is -0.462 e. The van der Waals surface area contributed by atoms with Gasteiger partial charge >= 0.3 is 17.9 Å². The van der Waals surface area contributed by atoms with E-state index in [0.717, 1.165) is 77.0 Å². The van der Waals surface area contributed by atoms with Crippen molar-refractivity contribution in [1.82, 2.24) is 0 Å². The lowest BCUT2D eigenvalue weighted by Crippen LogP contribution is -2.30. The summed E-state index contributed by atoms with van der Waals surface area (Å²) in [4.78, 5) is 38.2. The van der Waals surface area contributed by atoms with E-state index in [0.29, 0.717) is 19.3 Å². The number of hydrogen-bond acceptors (Lipinski definition) is 6. The van der Waals surface area contributed by atoms with E-state index in [1.54, 1.807) is 0 Å². The van der Waals surface area contributed by atoms with Gasteiger partial charge in [-0.25, -0.2) is 0 Å². The summed E-state index contributed by atoms with van der Waals surface area (Å²) >= 11 is 0. The largest absolute Gasteiger partial charge is 0.462 e. The van der Waals surface area contributed by atoms with Gasteiger partial charge in [-0.15, -0.1) is 0 Å². The maximum absolute atomic E-state index is 12.9. The third kappa shape index (κ3) is 56.5. The standard InChI is InChI=1S/C64H118O6/c1-4-7-10-13-16-19-22-24-26-28-30-31-32-33-34-36-37-39-42-45-48-51-54-57-63(66)69-60-61(59-68-62(65)56-53-50-47-44-41-21-18-15-12-9-6-3)70-64(67)58-55-52-49-46-43-40-38-35-29-27-25-23-20-17-14-11-8-5-2/h15,18,20,23,27,29,61H,4-14,16-17,19,21-22,24-26,28,30-60H2,1-3H3/b18-15-,23-20-,29-27-. The van der Waals surface area contributed by atoms with Gasteiger partial charge in [-0.2, -0.15) is 0 Å². The number of carbonyl (C=O) groups excluding carboxylic acids is 3. The van der Waals surface area contributed by atoms with Crippen molar-refractivity contribution in [3.05, 3.63) is 36.5 Å². The molecule has 0 aromatic rings. The normalized spacial score (nSPS) is 12.2. The van der Waals surface area contributed by atoms with E-state index in [1.807, 2.05) is 0 Å². The first-order chi connectivity index (χ1) is 34.5. The molecule has 0 bridgehead atoms. The van der Waals surface area contributed by atoms with Gasteiger partial charge in [0.2, 0.25) is 0 Å². The highest BCUT2D eigenvalue weighted by Crippen LogP contribution is 2.17. The number of unbranched alkanes of at least 4 members (excludes halogenated alkanes) is 40. The predicted molar refractivity (Wildman–Crippen MR) is 302 cm³/mol. The number of carbonyl (C=O) groups is 3. The molecule has 410 valence electrons. The summed E-state index contributed by atoms with van der Waals surface area (Å²) in [6, 6.07) is 0. The van der Waals surface area contributed by atoms with Crippen molar-refractivity contribution in [2.45, 2.75) is 341 Å². The first-order valence-corrected chi connectivity index (χ1v) is 31.0. The Kier molecular flexibility index (Phi) is 57.2. The molecule has 0 saturated heterocycles. The van der Waals surface area contributed by atoms with Gasteiger partial charge < -0.3 is 14.2 Å². The van der Waals surface area contributed by atoms with E-state index >= 15 is 0 Å². The molecule has 0 fully saturated rings. The summed E-state index contributed by atoms with van der Waals surface area (Å²) in [7, 11) is 0. The quantitative estimate of drug-likeness (QED) is 0.0261. The maximum Gasteiger partial charge on any atom is 0.306 e. The fraction of sp³-hybridized carbons (Fsp3) is 0.859. The first kappa shape index (κ1) is 67.6. The lowest BCUT2D eigenvalue weighted by molar-refractivity contribution is -0.167. The van der Waals surface area contributed by atoms with Crippen molar-refractivity contribution in [3.8, 4) is 0 Å². The topological polar surface area (TPSA) is 78.9 Å². The summed E-state index contributed by atoms with van der Waals surface area (Å²) in [6.07, 6.45) is 71.5. The lowest BCUT2D eigenvalue weighted by Gasteiger charge is -2.18. The van der Waals surface area contributed by atoms with E-state index in [-0.39, 0.29) is 31.1 Å². The molecule has 0 rings (SSSR count). The van der Waals surface area contributed by atoms with Gasteiger partial charge in [-0.3, -0.25) is 14.4 Å². The van der Waals surface area contributed by atoms with Gasteiger partial charge in [-0.05, 0) is 70.6 Å². The summed E-state index contributed by atoms with van der Waals surface area (Å²) in [6.45, 7) is 6.62. The van der Waals surface area contributed by atoms with Crippen LogP contribution < -0.4 is 0 Å². The molecule has 0 N–H and O–H groups in total. The number of esters is 3. The first-order valence-electron chi connectivity index (χ1n) is 31.0. The van der Waals surface area contributed by atoms with Gasteiger partial charge in [0.05, 0.1) is 0 Å². The van der Waals surface area contributed by atoms with Crippen LogP contribution in [0.3, 0.4) is 0 Å². The van der Waals surface area contributed by atoms with Crippen LogP contribution in [0.2, 0.25) is 0 Å². The van der Waals surface area contributed by atoms with E-state index in [9.17, 15) is 14.4 Å². The van der Waals surface area contributed by atoms with Crippen LogP contribution in [0.5, 0.6) is 0 Å². The number of rotatable bonds is 57. The zero-order valence-corrected chi connectivity index (χ0v) is 47.1. The van der Waals surface area contributed by atoms with E-state index in [1.165, 1.54) is 218 Å². The fourth-order valence-electron chi connectivity index (χ4n) is 9.16. The summed E-state index contributed by atoms with van der Waals surface area (Å²) < 4.78 is 16.9. The van der Waals surface area contributed by atoms with E-state index in [4.69, 9.17) is 14.2 Å². The molecule has 0 aromatic carbocycles. The maximum atomic E-state index is 12.9. The van der Waals surface area contributed by atoms with Crippen molar-refractivity contribution in [3.63, 3.8) is 0 Å². The number of hydrogen-bond donors (Lipinski definition) is 0. The second-order valence-corrected chi connectivity index (χ2v) is 21.0. The third-order valence-corrected chi connectivity index (χ3v) is 13.9. The van der Waals surface area contributed by atoms with Crippen LogP contribution in [0.4, 0.5) is 0 Å². The second kappa shape index (κ2) is 59.2. The minimum atomic E-state index is -0.777. The highest BCUT2D eigenvalue weighted by molar-refractivity contribution is 5.71. The minimum absolute atomic E-state index is 0.0743. The zero-order chi connectivity index (χ0) is 50.7. The van der Waals surface area contributed by atoms with Crippen LogP contribution >= 0.6 is 0 Å². The number of ether oxygens (including phenoxy) is 3. The van der Waals surface area contributed by atoms with Crippen molar-refractivity contribution in [1.29, 1.82) is 0 Å². The average Bonchev–Trinajstić information content (AvgIpc) is 3.36. The molecule has 6 nitrogen and oxygen atoms in total. The van der Waals surface area contributed by atoms with E-state index in [2.05, 4.69) is 57.2 Å². The molecule has 1 atom stereocenters. The van der Waals surface area contributed by atoms with Crippen molar-refractivity contribution >= 4 is 17.9 Å². The van der Waals surface area contributed by atoms with Crippen LogP contribution in [0.1, 0.15) is 335 Å². The van der Waals surface area contributed by atoms with Gasteiger partial charge in [0, 0.05) is 19.3 Å². The third-order valence-electron chi connectivity index (χ3n) is 13.9. The van der Waals surface area contributed by atoms with Crippen LogP contribution in [-0.4, -0.2) is 37.2 Å². The Hall–Kier alpha value is -2.37. The summed E-state index contributed by atoms with van der Waals surface area (Å²) in [5.41, 5.74) is 0. The molecule has 0 aromatic heterocycles. The Morgan fingerprint density at radius 3 is 0.857 bits per heavy atom. The molecule has 0 aliphatic rings. The monoisotopic (exact) mass is 983 g/mol. The van der Waals surface area contributed by atoms with E-state index < -0.39 is 6.10 Å². The molecule has 0 aliphatic carbocycles.